The van der Waals surface area contributed by atoms with Gasteiger partial charge in [0.15, 0.2) is 10.8 Å². The molecule has 4 nitrogen and oxygen atoms in total. The molecule has 0 aliphatic carbocycles. The highest BCUT2D eigenvalue weighted by Gasteiger charge is 2.25. The molecule has 1 atom stereocenters. The van der Waals surface area contributed by atoms with Gasteiger partial charge in [-0.15, -0.1) is 11.3 Å². The van der Waals surface area contributed by atoms with Gasteiger partial charge in [-0.05, 0) is 19.4 Å². The number of fused-ring (bicyclic) bond motifs is 1. The van der Waals surface area contributed by atoms with E-state index in [9.17, 15) is 0 Å². The van der Waals surface area contributed by atoms with Crippen molar-refractivity contribution in [3.05, 3.63) is 17.3 Å². The van der Waals surface area contributed by atoms with Gasteiger partial charge in [-0.2, -0.15) is 11.8 Å². The van der Waals surface area contributed by atoms with Crippen molar-refractivity contribution in [2.45, 2.75) is 33.4 Å². The van der Waals surface area contributed by atoms with E-state index >= 15 is 0 Å². The molecule has 0 saturated carbocycles. The minimum atomic E-state index is 0.567. The maximum atomic E-state index is 4.90. The van der Waals surface area contributed by atoms with Crippen LogP contribution in [0.3, 0.4) is 0 Å². The van der Waals surface area contributed by atoms with Crippen LogP contribution in [0.4, 0.5) is 5.82 Å². The number of imidazole rings is 1. The Morgan fingerprint density at radius 1 is 1.48 bits per heavy atom. The summed E-state index contributed by atoms with van der Waals surface area (Å²) in [4.78, 5) is 8.50. The molecule has 116 valence electrons. The molecule has 1 fully saturated rings. The molecule has 2 aromatic heterocycles. The number of anilines is 1. The fraction of sp³-hybridized carbons (Fsp3) is 0.667. The first-order chi connectivity index (χ1) is 10.2. The molecule has 0 amide bonds. The Labute approximate surface area is 134 Å². The second-order valence-corrected chi connectivity index (χ2v) is 8.10. The lowest BCUT2D eigenvalue weighted by Gasteiger charge is -2.34. The topological polar surface area (TPSA) is 32.6 Å². The molecule has 0 aromatic carbocycles. The Balaban J connectivity index is 1.87. The summed E-state index contributed by atoms with van der Waals surface area (Å²) in [6, 6.07) is 0.567. The molecule has 21 heavy (non-hydrogen) atoms. The molecule has 3 rings (SSSR count). The Morgan fingerprint density at radius 3 is 3.10 bits per heavy atom. The number of thiazole rings is 1. The van der Waals surface area contributed by atoms with Crippen molar-refractivity contribution >= 4 is 33.9 Å². The van der Waals surface area contributed by atoms with Gasteiger partial charge in [-0.25, -0.2) is 4.98 Å². The molecule has 1 N–H and O–H groups in total. The zero-order valence-corrected chi connectivity index (χ0v) is 14.6. The van der Waals surface area contributed by atoms with Crippen molar-refractivity contribution in [1.82, 2.24) is 14.7 Å². The molecule has 3 heterocycles. The third kappa shape index (κ3) is 3.22. The van der Waals surface area contributed by atoms with Crippen LogP contribution in [-0.4, -0.2) is 40.0 Å². The van der Waals surface area contributed by atoms with Gasteiger partial charge in [-0.1, -0.05) is 13.8 Å². The molecule has 0 radical (unpaired) electrons. The van der Waals surface area contributed by atoms with Gasteiger partial charge in [-0.3, -0.25) is 4.40 Å². The summed E-state index contributed by atoms with van der Waals surface area (Å²) in [5, 5.41) is 5.69. The predicted molar refractivity (Wildman–Crippen MR) is 93.7 cm³/mol. The first-order valence-electron chi connectivity index (χ1n) is 7.66. The quantitative estimate of drug-likeness (QED) is 0.916. The maximum Gasteiger partial charge on any atom is 0.195 e. The van der Waals surface area contributed by atoms with E-state index in [4.69, 9.17) is 4.98 Å². The third-order valence-corrected chi connectivity index (χ3v) is 5.77. The Bertz CT molecular complexity index is 590. The first-order valence-corrected chi connectivity index (χ1v) is 9.69. The summed E-state index contributed by atoms with van der Waals surface area (Å²) in [7, 11) is 0. The van der Waals surface area contributed by atoms with E-state index in [0.29, 0.717) is 12.0 Å². The number of rotatable bonds is 5. The van der Waals surface area contributed by atoms with Crippen LogP contribution in [0.25, 0.3) is 4.96 Å². The lowest BCUT2D eigenvalue weighted by Crippen LogP contribution is -2.41. The Kier molecular flexibility index (Phi) is 4.76. The van der Waals surface area contributed by atoms with E-state index in [2.05, 4.69) is 47.0 Å². The second kappa shape index (κ2) is 6.58. The van der Waals surface area contributed by atoms with Crippen molar-refractivity contribution in [3.8, 4) is 0 Å². The van der Waals surface area contributed by atoms with Crippen LogP contribution in [-0.2, 0) is 6.54 Å². The standard InChI is InChI=1S/C15H24N4S2/c1-11(2)8-16-9-13-14(17-15-19(13)5-7-21-15)18-4-6-20-10-12(18)3/h5,7,11-12,16H,4,6,8-10H2,1-3H3. The van der Waals surface area contributed by atoms with E-state index in [0.717, 1.165) is 24.6 Å². The number of nitrogens with zero attached hydrogens (tertiary/aromatic N) is 3. The highest BCUT2D eigenvalue weighted by atomic mass is 32.2. The third-order valence-electron chi connectivity index (χ3n) is 3.82. The van der Waals surface area contributed by atoms with E-state index in [1.807, 2.05) is 11.8 Å². The van der Waals surface area contributed by atoms with Crippen LogP contribution in [0.1, 0.15) is 26.5 Å². The molecule has 6 heteroatoms. The second-order valence-electron chi connectivity index (χ2n) is 6.08. The summed E-state index contributed by atoms with van der Waals surface area (Å²) < 4.78 is 2.25. The Morgan fingerprint density at radius 2 is 2.33 bits per heavy atom. The summed E-state index contributed by atoms with van der Waals surface area (Å²) in [6.45, 7) is 9.84. The molecular weight excluding hydrogens is 300 g/mol. The summed E-state index contributed by atoms with van der Waals surface area (Å²) in [6.07, 6.45) is 2.15. The molecule has 0 bridgehead atoms. The minimum Gasteiger partial charge on any atom is -0.351 e. The van der Waals surface area contributed by atoms with Gasteiger partial charge in [0.25, 0.3) is 0 Å². The molecule has 1 unspecified atom stereocenters. The van der Waals surface area contributed by atoms with Gasteiger partial charge >= 0.3 is 0 Å². The van der Waals surface area contributed by atoms with Gasteiger partial charge in [0, 0.05) is 42.2 Å². The average Bonchev–Trinajstić information content (AvgIpc) is 3.01. The number of hydrogen-bond acceptors (Lipinski definition) is 5. The van der Waals surface area contributed by atoms with Gasteiger partial charge < -0.3 is 10.2 Å². The first kappa shape index (κ1) is 15.2. The van der Waals surface area contributed by atoms with Crippen LogP contribution < -0.4 is 10.2 Å². The summed E-state index contributed by atoms with van der Waals surface area (Å²) in [5.41, 5.74) is 1.31. The molecular formula is C15H24N4S2. The largest absolute Gasteiger partial charge is 0.351 e. The highest BCUT2D eigenvalue weighted by Crippen LogP contribution is 2.29. The van der Waals surface area contributed by atoms with Crippen molar-refractivity contribution < 1.29 is 0 Å². The van der Waals surface area contributed by atoms with Crippen LogP contribution >= 0.6 is 23.1 Å². The van der Waals surface area contributed by atoms with Crippen LogP contribution in [0.5, 0.6) is 0 Å². The van der Waals surface area contributed by atoms with Crippen LogP contribution in [0.15, 0.2) is 11.6 Å². The van der Waals surface area contributed by atoms with Crippen molar-refractivity contribution in [2.75, 3.05) is 29.5 Å². The van der Waals surface area contributed by atoms with Crippen LogP contribution in [0, 0.1) is 5.92 Å². The molecule has 1 aliphatic heterocycles. The molecule has 1 aliphatic rings. The van der Waals surface area contributed by atoms with E-state index in [1.165, 1.54) is 23.0 Å². The van der Waals surface area contributed by atoms with E-state index in [-0.39, 0.29) is 0 Å². The van der Waals surface area contributed by atoms with Crippen molar-refractivity contribution in [2.24, 2.45) is 5.92 Å². The minimum absolute atomic E-state index is 0.567. The van der Waals surface area contributed by atoms with Crippen molar-refractivity contribution in [3.63, 3.8) is 0 Å². The zero-order chi connectivity index (χ0) is 14.8. The normalized spacial score (nSPS) is 19.8. The molecule has 1 saturated heterocycles. The predicted octanol–water partition coefficient (Wildman–Crippen LogP) is 3.08. The maximum absolute atomic E-state index is 4.90. The smallest absolute Gasteiger partial charge is 0.195 e. The lowest BCUT2D eigenvalue weighted by molar-refractivity contribution is 0.545. The van der Waals surface area contributed by atoms with Gasteiger partial charge in [0.05, 0.1) is 5.69 Å². The van der Waals surface area contributed by atoms with Gasteiger partial charge in [0.1, 0.15) is 0 Å². The van der Waals surface area contributed by atoms with E-state index in [1.54, 1.807) is 11.3 Å². The van der Waals surface area contributed by atoms with Gasteiger partial charge in [0.2, 0.25) is 0 Å². The number of thioether (sulfide) groups is 1. The number of aromatic nitrogens is 2. The highest BCUT2D eigenvalue weighted by molar-refractivity contribution is 7.99. The fourth-order valence-electron chi connectivity index (χ4n) is 2.74. The van der Waals surface area contributed by atoms with Crippen molar-refractivity contribution in [1.29, 1.82) is 0 Å². The zero-order valence-electron chi connectivity index (χ0n) is 13.0. The SMILES string of the molecule is CC(C)CNCc1c(N2CCSCC2C)nc2sccn12. The Hall–Kier alpha value is -0.720. The molecule has 0 spiro atoms. The fourth-order valence-corrected chi connectivity index (χ4v) is 4.48. The number of nitrogens with one attached hydrogen (secondary N) is 1. The summed E-state index contributed by atoms with van der Waals surface area (Å²) in [5.74, 6) is 4.26. The van der Waals surface area contributed by atoms with Crippen LogP contribution in [0.2, 0.25) is 0 Å². The monoisotopic (exact) mass is 324 g/mol. The average molecular weight is 325 g/mol. The lowest BCUT2D eigenvalue weighted by atomic mass is 10.2. The summed E-state index contributed by atoms with van der Waals surface area (Å²) >= 11 is 3.77. The molecule has 2 aromatic rings. The number of hydrogen-bond donors (Lipinski definition) is 1. The van der Waals surface area contributed by atoms with E-state index < -0.39 is 0 Å².